The fourth-order valence-electron chi connectivity index (χ4n) is 3.92. The zero-order chi connectivity index (χ0) is 24.3. The van der Waals surface area contributed by atoms with Crippen LogP contribution in [0.25, 0.3) is 0 Å². The van der Waals surface area contributed by atoms with Gasteiger partial charge < -0.3 is 14.8 Å². The first-order valence-corrected chi connectivity index (χ1v) is 10.1. The first-order chi connectivity index (χ1) is 15.6. The number of ether oxygens (including phenoxy) is 2. The number of carbonyl (C=O) groups excluding carboxylic acids is 3. The number of rotatable bonds is 5. The molecule has 0 aliphatic carbocycles. The van der Waals surface area contributed by atoms with Gasteiger partial charge in [-0.2, -0.15) is 13.2 Å². The van der Waals surface area contributed by atoms with Crippen molar-refractivity contribution in [2.24, 2.45) is 0 Å². The molecular formula is C23H23F3N2O5. The van der Waals surface area contributed by atoms with Crippen LogP contribution < -0.4 is 15.0 Å². The van der Waals surface area contributed by atoms with Crippen molar-refractivity contribution in [3.8, 4) is 5.75 Å². The largest absolute Gasteiger partial charge is 0.497 e. The van der Waals surface area contributed by atoms with Crippen molar-refractivity contribution >= 4 is 23.5 Å². The number of methoxy groups -OCH3 is 1. The molecule has 1 aliphatic rings. The Labute approximate surface area is 188 Å². The second-order valence-corrected chi connectivity index (χ2v) is 7.51. The van der Waals surface area contributed by atoms with Gasteiger partial charge in [0.15, 0.2) is 6.10 Å². The molecule has 0 radical (unpaired) electrons. The monoisotopic (exact) mass is 464 g/mol. The molecule has 0 fully saturated rings. The summed E-state index contributed by atoms with van der Waals surface area (Å²) < 4.78 is 52.2. The lowest BCUT2D eigenvalue weighted by Crippen LogP contribution is -2.47. The molecule has 7 nitrogen and oxygen atoms in total. The molecule has 2 aromatic rings. The number of fused-ring (bicyclic) bond motifs is 1. The van der Waals surface area contributed by atoms with Crippen molar-refractivity contribution in [2.45, 2.75) is 31.5 Å². The molecule has 0 spiro atoms. The molecule has 10 heteroatoms. The second-order valence-electron chi connectivity index (χ2n) is 7.51. The van der Waals surface area contributed by atoms with Crippen LogP contribution in [0.3, 0.4) is 0 Å². The third-order valence-electron chi connectivity index (χ3n) is 5.46. The zero-order valence-electron chi connectivity index (χ0n) is 18.2. The number of carbonyl (C=O) groups is 3. The average Bonchev–Trinajstić information content (AvgIpc) is 2.88. The highest BCUT2D eigenvalue weighted by Crippen LogP contribution is 2.42. The first kappa shape index (κ1) is 24.1. The Kier molecular flexibility index (Phi) is 6.95. The topological polar surface area (TPSA) is 84.9 Å². The molecule has 2 amide bonds. The summed E-state index contributed by atoms with van der Waals surface area (Å²) in [5.74, 6) is -2.55. The third-order valence-corrected chi connectivity index (χ3v) is 5.46. The van der Waals surface area contributed by atoms with E-state index in [0.717, 1.165) is 17.9 Å². The number of likely N-dealkylation sites (N-methyl/N-ethyl adjacent to an activating group) is 1. The minimum atomic E-state index is -4.70. The van der Waals surface area contributed by atoms with E-state index in [1.165, 1.54) is 26.3 Å². The maximum absolute atomic E-state index is 13.9. The van der Waals surface area contributed by atoms with Crippen molar-refractivity contribution < 1.29 is 37.0 Å². The van der Waals surface area contributed by atoms with E-state index in [1.54, 1.807) is 24.3 Å². The van der Waals surface area contributed by atoms with Crippen molar-refractivity contribution in [3.05, 3.63) is 59.2 Å². The zero-order valence-corrected chi connectivity index (χ0v) is 18.2. The van der Waals surface area contributed by atoms with E-state index in [2.05, 4.69) is 5.32 Å². The number of nitrogens with zero attached hydrogens (tertiary/aromatic N) is 1. The van der Waals surface area contributed by atoms with Crippen LogP contribution in [0.15, 0.2) is 42.5 Å². The molecule has 1 N–H and O–H groups in total. The Bertz CT molecular complexity index is 1050. The van der Waals surface area contributed by atoms with Gasteiger partial charge in [-0.15, -0.1) is 0 Å². The lowest BCUT2D eigenvalue weighted by Gasteiger charge is -2.27. The SMILES string of the molecule is CNC(=O)CN1C(=O)[C@H](OC(C)=O)[C@H](c2ccc(OC)cc2)Cc2c1cccc2C(F)(F)F. The minimum Gasteiger partial charge on any atom is -0.497 e. The van der Waals surface area contributed by atoms with E-state index in [0.29, 0.717) is 11.3 Å². The number of nitrogens with one attached hydrogen (secondary N) is 1. The van der Waals surface area contributed by atoms with E-state index in [-0.39, 0.29) is 17.7 Å². The lowest BCUT2D eigenvalue weighted by atomic mass is 9.86. The summed E-state index contributed by atoms with van der Waals surface area (Å²) in [5, 5.41) is 2.36. The predicted molar refractivity (Wildman–Crippen MR) is 113 cm³/mol. The number of benzene rings is 2. The highest BCUT2D eigenvalue weighted by molar-refractivity contribution is 6.03. The van der Waals surface area contributed by atoms with Crippen LogP contribution in [0.5, 0.6) is 5.75 Å². The van der Waals surface area contributed by atoms with Crippen LogP contribution in [0.4, 0.5) is 18.9 Å². The van der Waals surface area contributed by atoms with Crippen LogP contribution >= 0.6 is 0 Å². The molecule has 176 valence electrons. The van der Waals surface area contributed by atoms with Crippen LogP contribution in [0.2, 0.25) is 0 Å². The van der Waals surface area contributed by atoms with Crippen LogP contribution in [-0.4, -0.2) is 44.6 Å². The summed E-state index contributed by atoms with van der Waals surface area (Å²) in [5.41, 5.74) is -0.638. The number of hydrogen-bond acceptors (Lipinski definition) is 5. The molecule has 0 bridgehead atoms. The molecule has 1 aliphatic heterocycles. The maximum atomic E-state index is 13.9. The van der Waals surface area contributed by atoms with Crippen molar-refractivity contribution in [2.75, 3.05) is 25.6 Å². The number of halogens is 3. The van der Waals surface area contributed by atoms with Gasteiger partial charge in [-0.1, -0.05) is 18.2 Å². The predicted octanol–water partition coefficient (Wildman–Crippen LogP) is 3.06. The second kappa shape index (κ2) is 9.51. The molecule has 2 aromatic carbocycles. The van der Waals surface area contributed by atoms with E-state index in [1.807, 2.05) is 0 Å². The van der Waals surface area contributed by atoms with Crippen molar-refractivity contribution in [3.63, 3.8) is 0 Å². The van der Waals surface area contributed by atoms with Crippen molar-refractivity contribution in [1.29, 1.82) is 0 Å². The Morgan fingerprint density at radius 1 is 1.15 bits per heavy atom. The molecule has 0 aromatic heterocycles. The molecule has 33 heavy (non-hydrogen) atoms. The number of amides is 2. The van der Waals surface area contributed by atoms with Gasteiger partial charge in [-0.3, -0.25) is 19.3 Å². The number of alkyl halides is 3. The fraction of sp³-hybridized carbons (Fsp3) is 0.348. The van der Waals surface area contributed by atoms with Gasteiger partial charge in [0, 0.05) is 25.6 Å². The summed E-state index contributed by atoms with van der Waals surface area (Å²) in [6, 6.07) is 9.89. The Hall–Kier alpha value is -3.56. The molecule has 3 rings (SSSR count). The van der Waals surface area contributed by atoms with Gasteiger partial charge in [-0.05, 0) is 41.8 Å². The van der Waals surface area contributed by atoms with E-state index >= 15 is 0 Å². The number of esters is 1. The van der Waals surface area contributed by atoms with Gasteiger partial charge in [0.25, 0.3) is 5.91 Å². The maximum Gasteiger partial charge on any atom is 0.416 e. The van der Waals surface area contributed by atoms with Gasteiger partial charge >= 0.3 is 12.1 Å². The van der Waals surface area contributed by atoms with Crippen LogP contribution in [0, 0.1) is 0 Å². The quantitative estimate of drug-likeness (QED) is 0.688. The van der Waals surface area contributed by atoms with Gasteiger partial charge in [0.1, 0.15) is 12.3 Å². The summed E-state index contributed by atoms with van der Waals surface area (Å²) in [6.07, 6.45) is -6.38. The molecule has 1 heterocycles. The molecule has 2 atom stereocenters. The Morgan fingerprint density at radius 3 is 2.36 bits per heavy atom. The smallest absolute Gasteiger partial charge is 0.416 e. The summed E-state index contributed by atoms with van der Waals surface area (Å²) in [4.78, 5) is 38.5. The van der Waals surface area contributed by atoms with E-state index < -0.39 is 48.1 Å². The van der Waals surface area contributed by atoms with Gasteiger partial charge in [0.05, 0.1) is 12.7 Å². The van der Waals surface area contributed by atoms with E-state index in [9.17, 15) is 27.6 Å². The summed E-state index contributed by atoms with van der Waals surface area (Å²) in [7, 11) is 2.82. The van der Waals surface area contributed by atoms with E-state index in [4.69, 9.17) is 9.47 Å². The first-order valence-electron chi connectivity index (χ1n) is 10.1. The average molecular weight is 464 g/mol. The number of hydrogen-bond donors (Lipinski definition) is 1. The Balaban J connectivity index is 2.24. The highest BCUT2D eigenvalue weighted by Gasteiger charge is 2.44. The Morgan fingerprint density at radius 2 is 1.82 bits per heavy atom. The minimum absolute atomic E-state index is 0.0495. The molecule has 0 saturated carbocycles. The summed E-state index contributed by atoms with van der Waals surface area (Å²) in [6.45, 7) is 0.581. The van der Waals surface area contributed by atoms with Crippen molar-refractivity contribution in [1.82, 2.24) is 5.32 Å². The summed E-state index contributed by atoms with van der Waals surface area (Å²) >= 11 is 0. The molecule has 0 saturated heterocycles. The van der Waals surface area contributed by atoms with Gasteiger partial charge in [0.2, 0.25) is 5.91 Å². The van der Waals surface area contributed by atoms with Gasteiger partial charge in [-0.25, -0.2) is 0 Å². The third kappa shape index (κ3) is 5.10. The fourth-order valence-corrected chi connectivity index (χ4v) is 3.92. The molecule has 0 unspecified atom stereocenters. The molecular weight excluding hydrogens is 441 g/mol. The normalized spacial score (nSPS) is 18.2. The van der Waals surface area contributed by atoms with Crippen LogP contribution in [0.1, 0.15) is 29.5 Å². The number of anilines is 1. The standard InChI is InChI=1S/C23H23F3N2O5/c1-13(29)33-21-16(14-7-9-15(32-3)10-8-14)11-17-18(23(24,25)26)5-4-6-19(17)28(22(21)31)12-20(30)27-2/h4-10,16,21H,11-12H2,1-3H3,(H,27,30)/t16-,21+/m0/s1. The highest BCUT2D eigenvalue weighted by atomic mass is 19.4. The van der Waals surface area contributed by atoms with Crippen LogP contribution in [-0.2, 0) is 31.7 Å². The lowest BCUT2D eigenvalue weighted by molar-refractivity contribution is -0.154.